The Morgan fingerprint density at radius 1 is 1.24 bits per heavy atom. The van der Waals surface area contributed by atoms with Gasteiger partial charge in [-0.25, -0.2) is 0 Å². The molecule has 1 aromatic heterocycles. The predicted octanol–water partition coefficient (Wildman–Crippen LogP) is 4.51. The van der Waals surface area contributed by atoms with Gasteiger partial charge in [-0.15, -0.1) is 0 Å². The lowest BCUT2D eigenvalue weighted by molar-refractivity contribution is 0.548. The molecule has 0 amide bonds. The molecule has 1 aliphatic carbocycles. The van der Waals surface area contributed by atoms with Gasteiger partial charge in [0.05, 0.1) is 0 Å². The van der Waals surface area contributed by atoms with Crippen molar-refractivity contribution in [3.63, 3.8) is 0 Å². The number of hydrogen-bond donors (Lipinski definition) is 0. The normalized spacial score (nSPS) is 28.7. The van der Waals surface area contributed by atoms with Gasteiger partial charge in [0.15, 0.2) is 0 Å². The van der Waals surface area contributed by atoms with E-state index in [2.05, 4.69) is 52.1 Å². The molecule has 1 fully saturated rings. The van der Waals surface area contributed by atoms with E-state index in [-0.39, 0.29) is 0 Å². The highest BCUT2D eigenvalue weighted by atomic mass is 79.9. The minimum atomic E-state index is 0.671. The van der Waals surface area contributed by atoms with Crippen LogP contribution in [0.4, 0.5) is 0 Å². The molecule has 1 aromatic carbocycles. The molecule has 3 unspecified atom stereocenters. The average molecular weight is 290 g/mol. The van der Waals surface area contributed by atoms with Crippen molar-refractivity contribution in [2.24, 2.45) is 5.92 Å². The van der Waals surface area contributed by atoms with Crippen LogP contribution in [0.15, 0.2) is 36.7 Å². The second-order valence-corrected chi connectivity index (χ2v) is 6.18. The van der Waals surface area contributed by atoms with Gasteiger partial charge in [0.2, 0.25) is 0 Å². The molecule has 88 valence electrons. The van der Waals surface area contributed by atoms with E-state index >= 15 is 0 Å². The van der Waals surface area contributed by atoms with Crippen molar-refractivity contribution >= 4 is 26.7 Å². The smallest absolute Gasteiger partial charge is 0.0346 e. The Bertz CT molecular complexity index is 532. The summed E-state index contributed by atoms with van der Waals surface area (Å²) in [5.41, 5.74) is 1.50. The van der Waals surface area contributed by atoms with E-state index in [4.69, 9.17) is 0 Å². The Morgan fingerprint density at radius 2 is 2.12 bits per heavy atom. The maximum Gasteiger partial charge on any atom is 0.0346 e. The minimum absolute atomic E-state index is 0.671. The van der Waals surface area contributed by atoms with Crippen molar-refractivity contribution < 1.29 is 0 Å². The van der Waals surface area contributed by atoms with Crippen LogP contribution in [0, 0.1) is 5.92 Å². The highest BCUT2D eigenvalue weighted by Crippen LogP contribution is 2.44. The number of rotatable bonds is 1. The maximum atomic E-state index is 4.21. The molecule has 2 aromatic rings. The molecule has 0 radical (unpaired) electrons. The SMILES string of the molecule is CC1C(Br)CCC1c1cccc2cnccc12. The molecule has 2 heteroatoms. The Kier molecular flexibility index (Phi) is 2.91. The molecule has 0 spiro atoms. The summed E-state index contributed by atoms with van der Waals surface area (Å²) < 4.78 is 0. The lowest BCUT2D eigenvalue weighted by Gasteiger charge is -2.19. The average Bonchev–Trinajstić information content (AvgIpc) is 2.69. The summed E-state index contributed by atoms with van der Waals surface area (Å²) >= 11 is 3.79. The van der Waals surface area contributed by atoms with E-state index in [1.165, 1.54) is 29.2 Å². The fourth-order valence-corrected chi connectivity index (χ4v) is 3.66. The number of pyridine rings is 1. The molecular weight excluding hydrogens is 274 g/mol. The van der Waals surface area contributed by atoms with Crippen molar-refractivity contribution in [2.45, 2.75) is 30.5 Å². The number of alkyl halides is 1. The Morgan fingerprint density at radius 3 is 2.88 bits per heavy atom. The van der Waals surface area contributed by atoms with Crippen molar-refractivity contribution in [1.82, 2.24) is 4.98 Å². The van der Waals surface area contributed by atoms with Crippen LogP contribution in [0.25, 0.3) is 10.8 Å². The van der Waals surface area contributed by atoms with Gasteiger partial charge in [-0.05, 0) is 41.7 Å². The Hall–Kier alpha value is -0.890. The molecule has 3 rings (SSSR count). The van der Waals surface area contributed by atoms with Crippen LogP contribution in [-0.4, -0.2) is 9.81 Å². The zero-order valence-corrected chi connectivity index (χ0v) is 11.5. The van der Waals surface area contributed by atoms with Crippen LogP contribution in [-0.2, 0) is 0 Å². The van der Waals surface area contributed by atoms with E-state index in [1.807, 2.05) is 12.4 Å². The Balaban J connectivity index is 2.11. The topological polar surface area (TPSA) is 12.9 Å². The third kappa shape index (κ3) is 1.89. The zero-order valence-electron chi connectivity index (χ0n) is 9.94. The first kappa shape index (κ1) is 11.2. The van der Waals surface area contributed by atoms with Crippen molar-refractivity contribution in [2.75, 3.05) is 0 Å². The van der Waals surface area contributed by atoms with Gasteiger partial charge in [-0.3, -0.25) is 4.98 Å². The maximum absolute atomic E-state index is 4.21. The van der Waals surface area contributed by atoms with E-state index in [9.17, 15) is 0 Å². The van der Waals surface area contributed by atoms with Gasteiger partial charge in [-0.1, -0.05) is 41.1 Å². The standard InChI is InChI=1S/C15H16BrN/c1-10-12(5-6-15(10)16)14-4-2-3-11-9-17-8-7-13(11)14/h2-4,7-10,12,15H,5-6H2,1H3. The highest BCUT2D eigenvalue weighted by Gasteiger charge is 2.32. The van der Waals surface area contributed by atoms with Crippen molar-refractivity contribution in [1.29, 1.82) is 0 Å². The first-order valence-electron chi connectivity index (χ1n) is 6.24. The fourth-order valence-electron chi connectivity index (χ4n) is 3.03. The summed E-state index contributed by atoms with van der Waals surface area (Å²) in [7, 11) is 0. The van der Waals surface area contributed by atoms with Crippen LogP contribution in [0.2, 0.25) is 0 Å². The summed E-state index contributed by atoms with van der Waals surface area (Å²) in [6, 6.07) is 8.75. The van der Waals surface area contributed by atoms with Gasteiger partial charge in [0.25, 0.3) is 0 Å². The number of halogens is 1. The highest BCUT2D eigenvalue weighted by molar-refractivity contribution is 9.09. The second kappa shape index (κ2) is 4.41. The van der Waals surface area contributed by atoms with Crippen LogP contribution >= 0.6 is 15.9 Å². The molecular formula is C15H16BrN. The summed E-state index contributed by atoms with van der Waals surface area (Å²) in [6.07, 6.45) is 6.44. The molecule has 0 N–H and O–H groups in total. The molecule has 0 bridgehead atoms. The lowest BCUT2D eigenvalue weighted by Crippen LogP contribution is -2.09. The molecule has 1 saturated carbocycles. The fraction of sp³-hybridized carbons (Fsp3) is 0.400. The van der Waals surface area contributed by atoms with Gasteiger partial charge in [-0.2, -0.15) is 0 Å². The zero-order chi connectivity index (χ0) is 11.8. The molecule has 0 aliphatic heterocycles. The first-order chi connectivity index (χ1) is 8.27. The molecule has 1 aliphatic rings. The summed E-state index contributed by atoms with van der Waals surface area (Å²) in [5.74, 6) is 1.40. The van der Waals surface area contributed by atoms with Gasteiger partial charge >= 0.3 is 0 Å². The number of fused-ring (bicyclic) bond motifs is 1. The summed E-state index contributed by atoms with van der Waals surface area (Å²) in [5, 5.41) is 2.64. The molecule has 1 nitrogen and oxygen atoms in total. The predicted molar refractivity (Wildman–Crippen MR) is 75.6 cm³/mol. The number of nitrogens with zero attached hydrogens (tertiary/aromatic N) is 1. The third-order valence-electron chi connectivity index (χ3n) is 4.07. The van der Waals surface area contributed by atoms with Crippen LogP contribution in [0.3, 0.4) is 0 Å². The minimum Gasteiger partial charge on any atom is -0.264 e. The Labute approximate surface area is 110 Å². The summed E-state index contributed by atoms with van der Waals surface area (Å²) in [4.78, 5) is 4.88. The van der Waals surface area contributed by atoms with E-state index < -0.39 is 0 Å². The number of benzene rings is 1. The van der Waals surface area contributed by atoms with E-state index in [1.54, 1.807) is 0 Å². The van der Waals surface area contributed by atoms with Gasteiger partial charge in [0.1, 0.15) is 0 Å². The summed E-state index contributed by atoms with van der Waals surface area (Å²) in [6.45, 7) is 2.36. The number of aromatic nitrogens is 1. The van der Waals surface area contributed by atoms with Crippen LogP contribution in [0.5, 0.6) is 0 Å². The third-order valence-corrected chi connectivity index (χ3v) is 5.36. The van der Waals surface area contributed by atoms with E-state index in [0.29, 0.717) is 16.7 Å². The first-order valence-corrected chi connectivity index (χ1v) is 7.15. The monoisotopic (exact) mass is 289 g/mol. The van der Waals surface area contributed by atoms with Crippen molar-refractivity contribution in [3.8, 4) is 0 Å². The lowest BCUT2D eigenvalue weighted by atomic mass is 9.87. The second-order valence-electron chi connectivity index (χ2n) is 5.00. The molecule has 17 heavy (non-hydrogen) atoms. The molecule has 1 heterocycles. The largest absolute Gasteiger partial charge is 0.264 e. The van der Waals surface area contributed by atoms with Crippen molar-refractivity contribution in [3.05, 3.63) is 42.2 Å². The quantitative estimate of drug-likeness (QED) is 0.704. The number of hydrogen-bond acceptors (Lipinski definition) is 1. The van der Waals surface area contributed by atoms with Gasteiger partial charge < -0.3 is 0 Å². The van der Waals surface area contributed by atoms with Crippen LogP contribution in [0.1, 0.15) is 31.2 Å². The van der Waals surface area contributed by atoms with Crippen LogP contribution < -0.4 is 0 Å². The van der Waals surface area contributed by atoms with Gasteiger partial charge in [0, 0.05) is 22.6 Å². The van der Waals surface area contributed by atoms with E-state index in [0.717, 1.165) is 0 Å². The molecule has 0 saturated heterocycles. The molecule has 3 atom stereocenters.